The molecule has 2 rings (SSSR count). The molecule has 76 valence electrons. The lowest BCUT2D eigenvalue weighted by Gasteiger charge is -2.31. The molecule has 0 aliphatic carbocycles. The molecule has 0 bridgehead atoms. The van der Waals surface area contributed by atoms with Crippen molar-refractivity contribution in [3.63, 3.8) is 0 Å². The predicted octanol–water partition coefficient (Wildman–Crippen LogP) is 0.459. The maximum atomic E-state index is 5.12. The molecule has 0 aromatic rings. The second-order valence-electron chi connectivity index (χ2n) is 4.23. The Kier molecular flexibility index (Phi) is 3.19. The molecule has 0 aromatic heterocycles. The number of nitrogens with one attached hydrogen (secondary N) is 1. The summed E-state index contributed by atoms with van der Waals surface area (Å²) in [5.41, 5.74) is 0. The number of hydrogen-bond donors (Lipinski definition) is 1. The van der Waals surface area contributed by atoms with Gasteiger partial charge >= 0.3 is 0 Å². The van der Waals surface area contributed by atoms with E-state index in [2.05, 4.69) is 17.1 Å². The molecule has 2 fully saturated rings. The van der Waals surface area contributed by atoms with Crippen LogP contribution in [0.15, 0.2) is 0 Å². The molecule has 2 aliphatic rings. The van der Waals surface area contributed by atoms with Crippen molar-refractivity contribution in [2.45, 2.75) is 31.8 Å². The van der Waals surface area contributed by atoms with Crippen LogP contribution in [0.4, 0.5) is 0 Å². The van der Waals surface area contributed by atoms with Crippen LogP contribution in [-0.2, 0) is 4.74 Å². The fourth-order valence-corrected chi connectivity index (χ4v) is 2.00. The lowest BCUT2D eigenvalue weighted by molar-refractivity contribution is -0.00716. The van der Waals surface area contributed by atoms with Crippen molar-refractivity contribution in [2.75, 3.05) is 32.8 Å². The van der Waals surface area contributed by atoms with Crippen molar-refractivity contribution in [3.05, 3.63) is 0 Å². The smallest absolute Gasteiger partial charge is 0.0643 e. The zero-order valence-electron chi connectivity index (χ0n) is 8.46. The van der Waals surface area contributed by atoms with Crippen LogP contribution in [0.5, 0.6) is 0 Å². The molecule has 2 heterocycles. The number of ether oxygens (including phenoxy) is 1. The van der Waals surface area contributed by atoms with E-state index < -0.39 is 0 Å². The van der Waals surface area contributed by atoms with Gasteiger partial charge in [-0.3, -0.25) is 4.90 Å². The average molecular weight is 184 g/mol. The number of rotatable bonds is 4. The third-order valence-corrected chi connectivity index (χ3v) is 3.10. The standard InChI is InChI=1S/C10H20N2O/c1-9(12-4-2-3-5-12)6-11-10-7-13-8-10/h9-11H,2-8H2,1H3. The molecule has 2 saturated heterocycles. The Hall–Kier alpha value is -0.120. The van der Waals surface area contributed by atoms with Gasteiger partial charge in [0.05, 0.1) is 19.3 Å². The van der Waals surface area contributed by atoms with Gasteiger partial charge in [-0.25, -0.2) is 0 Å². The first-order valence-electron chi connectivity index (χ1n) is 5.41. The summed E-state index contributed by atoms with van der Waals surface area (Å²) in [6, 6.07) is 1.33. The van der Waals surface area contributed by atoms with Gasteiger partial charge in [-0.15, -0.1) is 0 Å². The predicted molar refractivity (Wildman–Crippen MR) is 52.9 cm³/mol. The molecule has 0 aromatic carbocycles. The Morgan fingerprint density at radius 2 is 2.08 bits per heavy atom. The minimum atomic E-state index is 0.630. The Labute approximate surface area is 80.4 Å². The van der Waals surface area contributed by atoms with Gasteiger partial charge in [0.15, 0.2) is 0 Å². The molecule has 0 amide bonds. The first-order valence-corrected chi connectivity index (χ1v) is 5.41. The monoisotopic (exact) mass is 184 g/mol. The van der Waals surface area contributed by atoms with Crippen LogP contribution in [0, 0.1) is 0 Å². The van der Waals surface area contributed by atoms with E-state index in [1.807, 2.05) is 0 Å². The molecule has 1 atom stereocenters. The molecule has 3 nitrogen and oxygen atoms in total. The fourth-order valence-electron chi connectivity index (χ4n) is 2.00. The summed E-state index contributed by atoms with van der Waals surface area (Å²) in [6.45, 7) is 7.85. The van der Waals surface area contributed by atoms with Crippen LogP contribution in [-0.4, -0.2) is 49.8 Å². The lowest BCUT2D eigenvalue weighted by atomic mass is 10.2. The van der Waals surface area contributed by atoms with Crippen molar-refractivity contribution in [1.82, 2.24) is 10.2 Å². The van der Waals surface area contributed by atoms with E-state index in [9.17, 15) is 0 Å². The Morgan fingerprint density at radius 1 is 1.38 bits per heavy atom. The summed E-state index contributed by atoms with van der Waals surface area (Å²) < 4.78 is 5.12. The highest BCUT2D eigenvalue weighted by Crippen LogP contribution is 2.11. The van der Waals surface area contributed by atoms with Crippen LogP contribution < -0.4 is 5.32 Å². The van der Waals surface area contributed by atoms with E-state index in [4.69, 9.17) is 4.74 Å². The second kappa shape index (κ2) is 4.40. The largest absolute Gasteiger partial charge is 0.378 e. The van der Waals surface area contributed by atoms with Gasteiger partial charge in [-0.1, -0.05) is 0 Å². The Balaban J connectivity index is 1.62. The molecule has 13 heavy (non-hydrogen) atoms. The van der Waals surface area contributed by atoms with Crippen molar-refractivity contribution >= 4 is 0 Å². The molecule has 3 heteroatoms. The van der Waals surface area contributed by atoms with Crippen LogP contribution in [0.1, 0.15) is 19.8 Å². The first kappa shape index (κ1) is 9.44. The topological polar surface area (TPSA) is 24.5 Å². The minimum Gasteiger partial charge on any atom is -0.378 e. The molecule has 0 saturated carbocycles. The second-order valence-corrected chi connectivity index (χ2v) is 4.23. The molecule has 2 aliphatic heterocycles. The van der Waals surface area contributed by atoms with E-state index in [-0.39, 0.29) is 0 Å². The van der Waals surface area contributed by atoms with Gasteiger partial charge in [0.25, 0.3) is 0 Å². The van der Waals surface area contributed by atoms with Gasteiger partial charge < -0.3 is 10.1 Å². The zero-order chi connectivity index (χ0) is 9.10. The fraction of sp³-hybridized carbons (Fsp3) is 1.00. The highest BCUT2D eigenvalue weighted by Gasteiger charge is 2.21. The van der Waals surface area contributed by atoms with Crippen LogP contribution in [0.25, 0.3) is 0 Å². The van der Waals surface area contributed by atoms with Crippen LogP contribution in [0.3, 0.4) is 0 Å². The highest BCUT2D eigenvalue weighted by molar-refractivity contribution is 4.79. The molecular formula is C10H20N2O. The number of likely N-dealkylation sites (tertiary alicyclic amines) is 1. The maximum absolute atomic E-state index is 5.12. The van der Waals surface area contributed by atoms with Gasteiger partial charge in [-0.05, 0) is 32.9 Å². The quantitative estimate of drug-likeness (QED) is 0.687. The van der Waals surface area contributed by atoms with E-state index in [0.717, 1.165) is 19.8 Å². The molecule has 1 unspecified atom stereocenters. The van der Waals surface area contributed by atoms with E-state index in [0.29, 0.717) is 12.1 Å². The van der Waals surface area contributed by atoms with Gasteiger partial charge in [0, 0.05) is 12.6 Å². The summed E-state index contributed by atoms with van der Waals surface area (Å²) >= 11 is 0. The van der Waals surface area contributed by atoms with Crippen molar-refractivity contribution in [3.8, 4) is 0 Å². The molecular weight excluding hydrogens is 164 g/mol. The summed E-state index contributed by atoms with van der Waals surface area (Å²) in [5, 5.41) is 3.53. The summed E-state index contributed by atoms with van der Waals surface area (Å²) in [7, 11) is 0. The first-order chi connectivity index (χ1) is 6.36. The summed E-state index contributed by atoms with van der Waals surface area (Å²) in [6.07, 6.45) is 2.77. The number of hydrogen-bond acceptors (Lipinski definition) is 3. The van der Waals surface area contributed by atoms with Gasteiger partial charge in [-0.2, -0.15) is 0 Å². The van der Waals surface area contributed by atoms with Crippen molar-refractivity contribution in [2.24, 2.45) is 0 Å². The van der Waals surface area contributed by atoms with Gasteiger partial charge in [0.1, 0.15) is 0 Å². The molecule has 0 radical (unpaired) electrons. The summed E-state index contributed by atoms with van der Waals surface area (Å²) in [4.78, 5) is 2.58. The Bertz CT molecular complexity index is 153. The molecule has 1 N–H and O–H groups in total. The van der Waals surface area contributed by atoms with Gasteiger partial charge in [0.2, 0.25) is 0 Å². The lowest BCUT2D eigenvalue weighted by Crippen LogP contribution is -2.50. The van der Waals surface area contributed by atoms with E-state index >= 15 is 0 Å². The summed E-state index contributed by atoms with van der Waals surface area (Å²) in [5.74, 6) is 0. The molecule has 0 spiro atoms. The van der Waals surface area contributed by atoms with Crippen LogP contribution in [0.2, 0.25) is 0 Å². The highest BCUT2D eigenvalue weighted by atomic mass is 16.5. The van der Waals surface area contributed by atoms with E-state index in [1.165, 1.54) is 25.9 Å². The maximum Gasteiger partial charge on any atom is 0.0643 e. The minimum absolute atomic E-state index is 0.630. The SMILES string of the molecule is CC(CNC1COC1)N1CCCC1. The average Bonchev–Trinajstić information content (AvgIpc) is 2.52. The van der Waals surface area contributed by atoms with E-state index in [1.54, 1.807) is 0 Å². The van der Waals surface area contributed by atoms with Crippen LogP contribution >= 0.6 is 0 Å². The number of nitrogens with zero attached hydrogens (tertiary/aromatic N) is 1. The zero-order valence-corrected chi connectivity index (χ0v) is 8.46. The third kappa shape index (κ3) is 2.42. The van der Waals surface area contributed by atoms with Crippen molar-refractivity contribution < 1.29 is 4.74 Å². The third-order valence-electron chi connectivity index (χ3n) is 3.10. The normalized spacial score (nSPS) is 27.5. The Morgan fingerprint density at radius 3 is 2.62 bits per heavy atom. The van der Waals surface area contributed by atoms with Crippen molar-refractivity contribution in [1.29, 1.82) is 0 Å².